The highest BCUT2D eigenvalue weighted by molar-refractivity contribution is 9.09. The number of alkyl halides is 1. The fraction of sp³-hybridized carbons (Fsp3) is 0.400. The second-order valence-corrected chi connectivity index (χ2v) is 3.89. The Kier molecular flexibility index (Phi) is 5.44. The molecule has 0 N–H and O–H groups in total. The zero-order valence-corrected chi connectivity index (χ0v) is 9.64. The van der Waals surface area contributed by atoms with Crippen molar-refractivity contribution in [3.63, 3.8) is 0 Å². The van der Waals surface area contributed by atoms with E-state index < -0.39 is 0 Å². The zero-order chi connectivity index (χ0) is 9.52. The van der Waals surface area contributed by atoms with Crippen LogP contribution >= 0.6 is 27.5 Å². The molecular weight excluding hydrogens is 251 g/mol. The van der Waals surface area contributed by atoms with E-state index in [0.717, 1.165) is 28.9 Å². The molecule has 3 heteroatoms. The van der Waals surface area contributed by atoms with Crippen LogP contribution in [0.2, 0.25) is 5.02 Å². The molecule has 0 amide bonds. The first-order valence-corrected chi connectivity index (χ1v) is 5.71. The van der Waals surface area contributed by atoms with Gasteiger partial charge in [-0.05, 0) is 18.1 Å². The average Bonchev–Trinajstić information content (AvgIpc) is 2.15. The second-order valence-electron chi connectivity index (χ2n) is 2.69. The lowest BCUT2D eigenvalue weighted by Gasteiger charge is -2.04. The van der Waals surface area contributed by atoms with Crippen LogP contribution in [0.3, 0.4) is 0 Å². The second kappa shape index (κ2) is 6.41. The lowest BCUT2D eigenvalue weighted by atomic mass is 10.2. The van der Waals surface area contributed by atoms with Crippen molar-refractivity contribution in [2.45, 2.75) is 13.0 Å². The Balaban J connectivity index is 2.32. The van der Waals surface area contributed by atoms with E-state index in [9.17, 15) is 0 Å². The Morgan fingerprint density at radius 3 is 2.77 bits per heavy atom. The third-order valence-corrected chi connectivity index (χ3v) is 2.57. The summed E-state index contributed by atoms with van der Waals surface area (Å²) in [5.74, 6) is 0. The largest absolute Gasteiger partial charge is 0.377 e. The standard InChI is InChI=1S/C10H12BrClO/c11-6-3-7-13-8-9-4-1-2-5-10(9)12/h1-2,4-5H,3,6-8H2. The maximum atomic E-state index is 5.95. The van der Waals surface area contributed by atoms with Gasteiger partial charge in [0.15, 0.2) is 0 Å². The van der Waals surface area contributed by atoms with E-state index in [1.54, 1.807) is 0 Å². The lowest BCUT2D eigenvalue weighted by molar-refractivity contribution is 0.122. The summed E-state index contributed by atoms with van der Waals surface area (Å²) in [6.07, 6.45) is 1.03. The maximum absolute atomic E-state index is 5.95. The Hall–Kier alpha value is -0.0500. The number of hydrogen-bond donors (Lipinski definition) is 0. The Bertz CT molecular complexity index is 252. The van der Waals surface area contributed by atoms with Crippen molar-refractivity contribution in [3.05, 3.63) is 34.9 Å². The van der Waals surface area contributed by atoms with Crippen LogP contribution in [0.25, 0.3) is 0 Å². The van der Waals surface area contributed by atoms with Crippen molar-refractivity contribution < 1.29 is 4.74 Å². The molecule has 0 aliphatic carbocycles. The van der Waals surface area contributed by atoms with Crippen LogP contribution in [0.4, 0.5) is 0 Å². The SMILES string of the molecule is Clc1ccccc1COCCCBr. The highest BCUT2D eigenvalue weighted by Crippen LogP contribution is 2.15. The molecule has 1 aromatic carbocycles. The first-order valence-electron chi connectivity index (χ1n) is 4.21. The van der Waals surface area contributed by atoms with E-state index in [2.05, 4.69) is 15.9 Å². The van der Waals surface area contributed by atoms with E-state index in [-0.39, 0.29) is 0 Å². The molecule has 0 saturated carbocycles. The van der Waals surface area contributed by atoms with Gasteiger partial charge in [-0.1, -0.05) is 45.7 Å². The number of halogens is 2. The van der Waals surface area contributed by atoms with Crippen molar-refractivity contribution in [1.29, 1.82) is 0 Å². The van der Waals surface area contributed by atoms with Crippen LogP contribution in [0.5, 0.6) is 0 Å². The predicted molar refractivity (Wildman–Crippen MR) is 59.5 cm³/mol. The molecule has 0 aliphatic rings. The van der Waals surface area contributed by atoms with Crippen LogP contribution in [0.1, 0.15) is 12.0 Å². The first kappa shape index (κ1) is 11.0. The summed E-state index contributed by atoms with van der Waals surface area (Å²) in [7, 11) is 0. The van der Waals surface area contributed by atoms with Crippen molar-refractivity contribution in [3.8, 4) is 0 Å². The molecular formula is C10H12BrClO. The van der Waals surface area contributed by atoms with Crippen molar-refractivity contribution in [2.24, 2.45) is 0 Å². The zero-order valence-electron chi connectivity index (χ0n) is 7.30. The summed E-state index contributed by atoms with van der Waals surface area (Å²) < 4.78 is 5.43. The van der Waals surface area contributed by atoms with Crippen molar-refractivity contribution >= 4 is 27.5 Å². The fourth-order valence-corrected chi connectivity index (χ4v) is 1.37. The molecule has 0 heterocycles. The smallest absolute Gasteiger partial charge is 0.0731 e. The summed E-state index contributed by atoms with van der Waals surface area (Å²) in [6, 6.07) is 7.75. The number of rotatable bonds is 5. The molecule has 0 fully saturated rings. The van der Waals surface area contributed by atoms with Crippen LogP contribution in [0, 0.1) is 0 Å². The van der Waals surface area contributed by atoms with Crippen molar-refractivity contribution in [2.75, 3.05) is 11.9 Å². The Labute approximate surface area is 92.2 Å². The first-order chi connectivity index (χ1) is 6.34. The monoisotopic (exact) mass is 262 g/mol. The van der Waals surface area contributed by atoms with E-state index in [4.69, 9.17) is 16.3 Å². The molecule has 1 nitrogen and oxygen atoms in total. The highest BCUT2D eigenvalue weighted by Gasteiger charge is 1.97. The topological polar surface area (TPSA) is 9.23 Å². The van der Waals surface area contributed by atoms with Gasteiger partial charge in [0.1, 0.15) is 0 Å². The molecule has 0 radical (unpaired) electrons. The minimum Gasteiger partial charge on any atom is -0.377 e. The number of ether oxygens (including phenoxy) is 1. The van der Waals surface area contributed by atoms with Gasteiger partial charge in [0, 0.05) is 17.0 Å². The number of hydrogen-bond acceptors (Lipinski definition) is 1. The molecule has 0 aromatic heterocycles. The predicted octanol–water partition coefficient (Wildman–Crippen LogP) is 3.64. The van der Waals surface area contributed by atoms with Gasteiger partial charge in [-0.3, -0.25) is 0 Å². The minimum atomic E-state index is 0.604. The summed E-state index contributed by atoms with van der Waals surface area (Å²) in [5.41, 5.74) is 1.05. The van der Waals surface area contributed by atoms with Gasteiger partial charge in [-0.25, -0.2) is 0 Å². The summed E-state index contributed by atoms with van der Waals surface area (Å²) in [5, 5.41) is 1.76. The van der Waals surface area contributed by atoms with E-state index in [1.807, 2.05) is 24.3 Å². The Morgan fingerprint density at radius 2 is 2.08 bits per heavy atom. The fourth-order valence-electron chi connectivity index (χ4n) is 0.954. The van der Waals surface area contributed by atoms with Gasteiger partial charge in [-0.15, -0.1) is 0 Å². The van der Waals surface area contributed by atoms with Crippen LogP contribution in [-0.2, 0) is 11.3 Å². The molecule has 72 valence electrons. The normalized spacial score (nSPS) is 10.3. The molecule has 13 heavy (non-hydrogen) atoms. The molecule has 0 bridgehead atoms. The van der Waals surface area contributed by atoms with Crippen LogP contribution in [-0.4, -0.2) is 11.9 Å². The lowest BCUT2D eigenvalue weighted by Crippen LogP contribution is -1.96. The van der Waals surface area contributed by atoms with Crippen molar-refractivity contribution in [1.82, 2.24) is 0 Å². The molecule has 0 saturated heterocycles. The van der Waals surface area contributed by atoms with Gasteiger partial charge in [0.2, 0.25) is 0 Å². The van der Waals surface area contributed by atoms with Gasteiger partial charge >= 0.3 is 0 Å². The van der Waals surface area contributed by atoms with Crippen LogP contribution in [0.15, 0.2) is 24.3 Å². The molecule has 1 rings (SSSR count). The number of benzene rings is 1. The summed E-state index contributed by atoms with van der Waals surface area (Å²) >= 11 is 9.29. The van der Waals surface area contributed by atoms with Gasteiger partial charge < -0.3 is 4.74 Å². The van der Waals surface area contributed by atoms with Gasteiger partial charge in [0.05, 0.1) is 6.61 Å². The molecule has 1 aromatic rings. The molecule has 0 aliphatic heterocycles. The summed E-state index contributed by atoms with van der Waals surface area (Å²) in [6.45, 7) is 1.38. The highest BCUT2D eigenvalue weighted by atomic mass is 79.9. The third kappa shape index (κ3) is 4.12. The Morgan fingerprint density at radius 1 is 1.31 bits per heavy atom. The molecule has 0 spiro atoms. The quantitative estimate of drug-likeness (QED) is 0.582. The van der Waals surface area contributed by atoms with E-state index in [1.165, 1.54) is 0 Å². The van der Waals surface area contributed by atoms with Crippen LogP contribution < -0.4 is 0 Å². The average molecular weight is 264 g/mol. The van der Waals surface area contributed by atoms with Gasteiger partial charge in [0.25, 0.3) is 0 Å². The molecule has 0 atom stereocenters. The van der Waals surface area contributed by atoms with E-state index in [0.29, 0.717) is 6.61 Å². The molecule has 0 unspecified atom stereocenters. The maximum Gasteiger partial charge on any atom is 0.0731 e. The minimum absolute atomic E-state index is 0.604. The third-order valence-electron chi connectivity index (χ3n) is 1.64. The summed E-state index contributed by atoms with van der Waals surface area (Å²) in [4.78, 5) is 0. The van der Waals surface area contributed by atoms with E-state index >= 15 is 0 Å². The van der Waals surface area contributed by atoms with Gasteiger partial charge in [-0.2, -0.15) is 0 Å².